The van der Waals surface area contributed by atoms with Crippen LogP contribution in [-0.2, 0) is 11.0 Å². The summed E-state index contributed by atoms with van der Waals surface area (Å²) in [5.74, 6) is -6.70. The fraction of sp³-hybridized carbons (Fsp3) is 0.462. The summed E-state index contributed by atoms with van der Waals surface area (Å²) in [6.45, 7) is 0. The van der Waals surface area contributed by atoms with Crippen LogP contribution < -0.4 is 11.1 Å². The third kappa shape index (κ3) is 4.51. The average Bonchev–Trinajstić information content (AvgIpc) is 2.64. The van der Waals surface area contributed by atoms with E-state index in [4.69, 9.17) is 5.73 Å². The molecule has 130 valence electrons. The molecule has 1 fully saturated rings. The normalized spacial score (nSPS) is 23.3. The van der Waals surface area contributed by atoms with Crippen LogP contribution in [0.4, 0.5) is 32.0 Å². The van der Waals surface area contributed by atoms with Crippen molar-refractivity contribution in [1.29, 1.82) is 0 Å². The monoisotopic (exact) mass is 362 g/mol. The van der Waals surface area contributed by atoms with Crippen LogP contribution in [0.2, 0.25) is 0 Å². The lowest BCUT2D eigenvalue weighted by molar-refractivity contribution is -0.140. The molecule has 1 aromatic carbocycles. The number of hydrogen-bond acceptors (Lipinski definition) is 2. The van der Waals surface area contributed by atoms with Crippen molar-refractivity contribution in [1.82, 2.24) is 0 Å². The van der Waals surface area contributed by atoms with Crippen molar-refractivity contribution in [3.05, 3.63) is 29.6 Å². The Balaban J connectivity index is 0.00000264. The highest BCUT2D eigenvalue weighted by Crippen LogP contribution is 2.39. The van der Waals surface area contributed by atoms with Gasteiger partial charge in [0.1, 0.15) is 5.82 Å². The lowest BCUT2D eigenvalue weighted by atomic mass is 10.0. The molecule has 0 radical (unpaired) electrons. The molecule has 1 aliphatic rings. The van der Waals surface area contributed by atoms with E-state index in [0.29, 0.717) is 12.1 Å². The van der Waals surface area contributed by atoms with E-state index in [-0.39, 0.29) is 18.1 Å². The molecule has 0 aromatic heterocycles. The minimum atomic E-state index is -4.93. The van der Waals surface area contributed by atoms with Gasteiger partial charge in [-0.05, 0) is 18.2 Å². The van der Waals surface area contributed by atoms with Crippen LogP contribution in [0.15, 0.2) is 18.2 Å². The standard InChI is InChI=1S/C13H12F6N2O.ClH/c14-9-2-1-6(3-8(9)13(17,18)19)21-11(22)7-4-12(15,16)5-10(7)20;/h1-3,7,10H,4-5,20H2,(H,21,22);1H. The molecule has 0 aliphatic heterocycles. The summed E-state index contributed by atoms with van der Waals surface area (Å²) in [5, 5.41) is 2.07. The van der Waals surface area contributed by atoms with Gasteiger partial charge in [-0.25, -0.2) is 13.2 Å². The molecule has 0 bridgehead atoms. The highest BCUT2D eigenvalue weighted by atomic mass is 35.5. The van der Waals surface area contributed by atoms with Crippen molar-refractivity contribution < 1.29 is 31.1 Å². The van der Waals surface area contributed by atoms with Gasteiger partial charge in [-0.3, -0.25) is 4.79 Å². The second-order valence-electron chi connectivity index (χ2n) is 5.22. The molecule has 0 spiro atoms. The van der Waals surface area contributed by atoms with Crippen LogP contribution in [0.3, 0.4) is 0 Å². The smallest absolute Gasteiger partial charge is 0.327 e. The van der Waals surface area contributed by atoms with Crippen molar-refractivity contribution in [2.45, 2.75) is 31.0 Å². The van der Waals surface area contributed by atoms with E-state index >= 15 is 0 Å². The van der Waals surface area contributed by atoms with E-state index in [1.807, 2.05) is 0 Å². The van der Waals surface area contributed by atoms with Gasteiger partial charge < -0.3 is 11.1 Å². The number of rotatable bonds is 2. The topological polar surface area (TPSA) is 55.1 Å². The van der Waals surface area contributed by atoms with Gasteiger partial charge in [0, 0.05) is 24.6 Å². The Labute approximate surface area is 133 Å². The molecule has 2 rings (SSSR count). The lowest BCUT2D eigenvalue weighted by Gasteiger charge is -2.16. The van der Waals surface area contributed by atoms with E-state index in [2.05, 4.69) is 5.32 Å². The Morgan fingerprint density at radius 2 is 1.87 bits per heavy atom. The summed E-state index contributed by atoms with van der Waals surface area (Å²) in [7, 11) is 0. The molecule has 3 N–H and O–H groups in total. The quantitative estimate of drug-likeness (QED) is 0.790. The third-order valence-corrected chi connectivity index (χ3v) is 3.45. The molecule has 23 heavy (non-hydrogen) atoms. The maximum atomic E-state index is 13.2. The number of amides is 1. The Bertz CT molecular complexity index is 592. The zero-order chi connectivity index (χ0) is 16.7. The first kappa shape index (κ1) is 19.6. The van der Waals surface area contributed by atoms with Gasteiger partial charge in [0.25, 0.3) is 5.92 Å². The van der Waals surface area contributed by atoms with Crippen LogP contribution in [0.5, 0.6) is 0 Å². The van der Waals surface area contributed by atoms with Gasteiger partial charge in [0.05, 0.1) is 11.5 Å². The minimum absolute atomic E-state index is 0. The number of hydrogen-bond donors (Lipinski definition) is 2. The first-order valence-electron chi connectivity index (χ1n) is 6.30. The maximum Gasteiger partial charge on any atom is 0.419 e. The minimum Gasteiger partial charge on any atom is -0.327 e. The summed E-state index contributed by atoms with van der Waals surface area (Å²) >= 11 is 0. The number of carbonyl (C=O) groups excluding carboxylic acids is 1. The lowest BCUT2D eigenvalue weighted by Crippen LogP contribution is -2.34. The number of nitrogens with two attached hydrogens (primary N) is 1. The predicted molar refractivity (Wildman–Crippen MR) is 72.9 cm³/mol. The fourth-order valence-electron chi connectivity index (χ4n) is 2.39. The van der Waals surface area contributed by atoms with Crippen LogP contribution in [0, 0.1) is 11.7 Å². The number of halogens is 7. The van der Waals surface area contributed by atoms with E-state index in [1.54, 1.807) is 0 Å². The number of nitrogens with one attached hydrogen (secondary N) is 1. The predicted octanol–water partition coefficient (Wildman–Crippen LogP) is 3.58. The molecule has 0 saturated heterocycles. The first-order valence-corrected chi connectivity index (χ1v) is 6.30. The molecule has 2 unspecified atom stereocenters. The van der Waals surface area contributed by atoms with Gasteiger partial charge in [0.2, 0.25) is 5.91 Å². The number of carbonyl (C=O) groups is 1. The van der Waals surface area contributed by atoms with Crippen LogP contribution in [0.1, 0.15) is 18.4 Å². The highest BCUT2D eigenvalue weighted by molar-refractivity contribution is 5.93. The summed E-state index contributed by atoms with van der Waals surface area (Å²) in [4.78, 5) is 11.9. The Morgan fingerprint density at radius 1 is 1.26 bits per heavy atom. The van der Waals surface area contributed by atoms with Crippen molar-refractivity contribution >= 4 is 24.0 Å². The first-order chi connectivity index (χ1) is 9.99. The Kier molecular flexibility index (Phi) is 5.58. The summed E-state index contributed by atoms with van der Waals surface area (Å²) in [6.07, 6.45) is -6.36. The number of anilines is 1. The summed E-state index contributed by atoms with van der Waals surface area (Å²) < 4.78 is 77.1. The van der Waals surface area contributed by atoms with Crippen LogP contribution >= 0.6 is 12.4 Å². The van der Waals surface area contributed by atoms with Crippen molar-refractivity contribution in [3.63, 3.8) is 0 Å². The van der Waals surface area contributed by atoms with Gasteiger partial charge in [0.15, 0.2) is 0 Å². The summed E-state index contributed by atoms with van der Waals surface area (Å²) in [6, 6.07) is 0.784. The van der Waals surface area contributed by atoms with Gasteiger partial charge in [-0.15, -0.1) is 12.4 Å². The van der Waals surface area contributed by atoms with E-state index in [1.165, 1.54) is 0 Å². The maximum absolute atomic E-state index is 13.2. The zero-order valence-electron chi connectivity index (χ0n) is 11.5. The summed E-state index contributed by atoms with van der Waals surface area (Å²) in [5.41, 5.74) is 3.57. The van der Waals surface area contributed by atoms with Gasteiger partial charge in [-0.1, -0.05) is 0 Å². The zero-order valence-corrected chi connectivity index (χ0v) is 12.3. The average molecular weight is 363 g/mol. The second-order valence-corrected chi connectivity index (χ2v) is 5.22. The van der Waals surface area contributed by atoms with E-state index in [9.17, 15) is 31.1 Å². The van der Waals surface area contributed by atoms with E-state index in [0.717, 1.165) is 6.07 Å². The number of alkyl halides is 5. The number of benzene rings is 1. The molecule has 3 nitrogen and oxygen atoms in total. The molecule has 10 heteroatoms. The SMILES string of the molecule is Cl.NC1CC(F)(F)CC1C(=O)Nc1ccc(F)c(C(F)(F)F)c1. The molecular formula is C13H13ClF6N2O. The van der Waals surface area contributed by atoms with Crippen LogP contribution in [-0.4, -0.2) is 17.9 Å². The molecule has 2 atom stereocenters. The van der Waals surface area contributed by atoms with Gasteiger partial charge >= 0.3 is 6.18 Å². The van der Waals surface area contributed by atoms with Gasteiger partial charge in [-0.2, -0.15) is 13.2 Å². The Morgan fingerprint density at radius 3 is 2.35 bits per heavy atom. The van der Waals surface area contributed by atoms with Crippen LogP contribution in [0.25, 0.3) is 0 Å². The largest absolute Gasteiger partial charge is 0.419 e. The van der Waals surface area contributed by atoms with Crippen molar-refractivity contribution in [2.75, 3.05) is 5.32 Å². The molecule has 0 heterocycles. The van der Waals surface area contributed by atoms with Crippen molar-refractivity contribution in [3.8, 4) is 0 Å². The fourth-order valence-corrected chi connectivity index (χ4v) is 2.39. The molecule has 1 aliphatic carbocycles. The molecular weight excluding hydrogens is 350 g/mol. The molecule has 1 saturated carbocycles. The molecule has 1 aromatic rings. The Hall–Kier alpha value is -1.48. The van der Waals surface area contributed by atoms with Crippen molar-refractivity contribution in [2.24, 2.45) is 11.7 Å². The highest BCUT2D eigenvalue weighted by Gasteiger charge is 2.47. The third-order valence-electron chi connectivity index (χ3n) is 3.45. The second kappa shape index (κ2) is 6.56. The van der Waals surface area contributed by atoms with E-state index < -0.39 is 54.2 Å². The molecule has 1 amide bonds.